The Hall–Kier alpha value is -1.85. The van der Waals surface area contributed by atoms with Crippen molar-refractivity contribution in [1.29, 1.82) is 5.41 Å². The van der Waals surface area contributed by atoms with Gasteiger partial charge in [-0.25, -0.2) is 0 Å². The molecule has 1 rings (SSSR count). The summed E-state index contributed by atoms with van der Waals surface area (Å²) in [4.78, 5) is 11.5. The van der Waals surface area contributed by atoms with E-state index in [0.29, 0.717) is 5.56 Å². The van der Waals surface area contributed by atoms with Crippen molar-refractivity contribution in [3.63, 3.8) is 0 Å². The summed E-state index contributed by atoms with van der Waals surface area (Å²) in [5.41, 5.74) is -1.17. The van der Waals surface area contributed by atoms with Gasteiger partial charge in [0, 0.05) is 0 Å². The number of halogens is 3. The summed E-state index contributed by atoms with van der Waals surface area (Å²) < 4.78 is 36.2. The fraction of sp³-hybridized carbons (Fsp3) is 0.273. The molecule has 0 aromatic heterocycles. The molecule has 3 nitrogen and oxygen atoms in total. The molecular weight excluding hydrogens is 235 g/mol. The van der Waals surface area contributed by atoms with Gasteiger partial charge in [0.1, 0.15) is 11.5 Å². The molecule has 0 spiro atoms. The first-order valence-corrected chi connectivity index (χ1v) is 4.69. The Morgan fingerprint density at radius 2 is 2.00 bits per heavy atom. The minimum Gasteiger partial charge on any atom is -0.507 e. The SMILES string of the molecule is Cc1ccc(O)c(C(=O)CC(=N)C(F)(F)F)c1. The Labute approximate surface area is 95.4 Å². The number of aryl methyl sites for hydroxylation is 1. The molecule has 2 N–H and O–H groups in total. The zero-order chi connectivity index (χ0) is 13.2. The van der Waals surface area contributed by atoms with E-state index in [1.807, 2.05) is 0 Å². The van der Waals surface area contributed by atoms with Gasteiger partial charge >= 0.3 is 6.18 Å². The van der Waals surface area contributed by atoms with Crippen LogP contribution in [0.3, 0.4) is 0 Å². The maximum absolute atomic E-state index is 12.1. The molecule has 0 heterocycles. The van der Waals surface area contributed by atoms with E-state index in [0.717, 1.165) is 0 Å². The van der Waals surface area contributed by atoms with Crippen LogP contribution < -0.4 is 0 Å². The highest BCUT2D eigenvalue weighted by Crippen LogP contribution is 2.23. The van der Waals surface area contributed by atoms with E-state index in [4.69, 9.17) is 5.41 Å². The fourth-order valence-corrected chi connectivity index (χ4v) is 1.23. The van der Waals surface area contributed by atoms with Crippen LogP contribution in [0, 0.1) is 12.3 Å². The predicted octanol–water partition coefficient (Wildman–Crippen LogP) is 2.86. The maximum atomic E-state index is 12.1. The third-order valence-electron chi connectivity index (χ3n) is 2.13. The molecule has 0 amide bonds. The largest absolute Gasteiger partial charge is 0.507 e. The lowest BCUT2D eigenvalue weighted by Gasteiger charge is -2.08. The summed E-state index contributed by atoms with van der Waals surface area (Å²) >= 11 is 0. The number of Topliss-reactive ketones (excluding diaryl/α,β-unsaturated/α-hetero) is 1. The fourth-order valence-electron chi connectivity index (χ4n) is 1.23. The number of aromatic hydroxyl groups is 1. The van der Waals surface area contributed by atoms with Gasteiger partial charge in [0.25, 0.3) is 0 Å². The van der Waals surface area contributed by atoms with Crippen molar-refractivity contribution in [2.24, 2.45) is 0 Å². The zero-order valence-electron chi connectivity index (χ0n) is 8.93. The van der Waals surface area contributed by atoms with Crippen molar-refractivity contribution in [2.75, 3.05) is 0 Å². The quantitative estimate of drug-likeness (QED) is 0.635. The molecule has 92 valence electrons. The predicted molar refractivity (Wildman–Crippen MR) is 55.6 cm³/mol. The third kappa shape index (κ3) is 3.30. The lowest BCUT2D eigenvalue weighted by Crippen LogP contribution is -2.24. The molecule has 17 heavy (non-hydrogen) atoms. The van der Waals surface area contributed by atoms with E-state index < -0.39 is 24.1 Å². The van der Waals surface area contributed by atoms with Crippen molar-refractivity contribution in [1.82, 2.24) is 0 Å². The van der Waals surface area contributed by atoms with Crippen molar-refractivity contribution in [3.05, 3.63) is 29.3 Å². The van der Waals surface area contributed by atoms with Crippen LogP contribution in [-0.2, 0) is 0 Å². The van der Waals surface area contributed by atoms with Gasteiger partial charge in [-0.05, 0) is 19.1 Å². The summed E-state index contributed by atoms with van der Waals surface area (Å²) in [5.74, 6) is -1.30. The smallest absolute Gasteiger partial charge is 0.429 e. The number of alkyl halides is 3. The van der Waals surface area contributed by atoms with E-state index >= 15 is 0 Å². The Bertz CT molecular complexity index is 466. The Morgan fingerprint density at radius 1 is 1.41 bits per heavy atom. The molecule has 0 saturated heterocycles. The summed E-state index contributed by atoms with van der Waals surface area (Å²) in [6.45, 7) is 1.64. The maximum Gasteiger partial charge on any atom is 0.429 e. The van der Waals surface area contributed by atoms with Crippen LogP contribution >= 0.6 is 0 Å². The average Bonchev–Trinajstić information content (AvgIpc) is 2.20. The second-order valence-electron chi connectivity index (χ2n) is 3.60. The minimum atomic E-state index is -4.81. The van der Waals surface area contributed by atoms with E-state index in [9.17, 15) is 23.1 Å². The van der Waals surface area contributed by atoms with Crippen molar-refractivity contribution in [3.8, 4) is 5.75 Å². The summed E-state index contributed by atoms with van der Waals surface area (Å²) in [6.07, 6.45) is -5.88. The Morgan fingerprint density at radius 3 is 2.53 bits per heavy atom. The van der Waals surface area contributed by atoms with Gasteiger partial charge in [-0.15, -0.1) is 0 Å². The number of phenolic OH excluding ortho intramolecular Hbond substituents is 1. The molecular formula is C11H10F3NO2. The molecule has 0 fully saturated rings. The number of nitrogens with one attached hydrogen (secondary N) is 1. The lowest BCUT2D eigenvalue weighted by molar-refractivity contribution is -0.0609. The van der Waals surface area contributed by atoms with Crippen LogP contribution in [-0.4, -0.2) is 22.8 Å². The first-order valence-electron chi connectivity index (χ1n) is 4.69. The number of hydrogen-bond acceptors (Lipinski definition) is 3. The molecule has 0 atom stereocenters. The topological polar surface area (TPSA) is 61.1 Å². The molecule has 0 aliphatic rings. The second-order valence-corrected chi connectivity index (χ2v) is 3.60. The van der Waals surface area contributed by atoms with E-state index in [2.05, 4.69) is 0 Å². The molecule has 6 heteroatoms. The molecule has 0 unspecified atom stereocenters. The Balaban J connectivity index is 2.91. The zero-order valence-corrected chi connectivity index (χ0v) is 8.93. The van der Waals surface area contributed by atoms with E-state index in [-0.39, 0.29) is 11.3 Å². The van der Waals surface area contributed by atoms with Crippen molar-refractivity contribution >= 4 is 11.5 Å². The number of ketones is 1. The molecule has 0 aliphatic carbocycles. The number of rotatable bonds is 3. The van der Waals surface area contributed by atoms with Crippen molar-refractivity contribution in [2.45, 2.75) is 19.5 Å². The van der Waals surface area contributed by atoms with E-state index in [1.165, 1.54) is 18.2 Å². The van der Waals surface area contributed by atoms with Crippen LogP contribution in [0.2, 0.25) is 0 Å². The average molecular weight is 245 g/mol. The van der Waals surface area contributed by atoms with Gasteiger partial charge in [0.05, 0.1) is 12.0 Å². The standard InChI is InChI=1S/C11H10F3NO2/c1-6-2-3-8(16)7(4-6)9(17)5-10(15)11(12,13)14/h2-4,15-16H,5H2,1H3. The van der Waals surface area contributed by atoms with Gasteiger partial charge < -0.3 is 10.5 Å². The summed E-state index contributed by atoms with van der Waals surface area (Å²) in [7, 11) is 0. The molecule has 0 aliphatic heterocycles. The van der Waals surface area contributed by atoms with Crippen LogP contribution in [0.5, 0.6) is 5.75 Å². The monoisotopic (exact) mass is 245 g/mol. The summed E-state index contributed by atoms with van der Waals surface area (Å²) in [5, 5.41) is 16.1. The second kappa shape index (κ2) is 4.57. The number of carbonyl (C=O) groups is 1. The van der Waals surface area contributed by atoms with Gasteiger partial charge in [0.2, 0.25) is 0 Å². The first kappa shape index (κ1) is 13.2. The highest BCUT2D eigenvalue weighted by atomic mass is 19.4. The van der Waals surface area contributed by atoms with Crippen molar-refractivity contribution < 1.29 is 23.1 Å². The normalized spacial score (nSPS) is 11.3. The molecule has 0 saturated carbocycles. The van der Waals surface area contributed by atoms with E-state index in [1.54, 1.807) is 6.92 Å². The van der Waals surface area contributed by atoms with Crippen LogP contribution in [0.15, 0.2) is 18.2 Å². The number of hydrogen-bond donors (Lipinski definition) is 2. The van der Waals surface area contributed by atoms with Gasteiger partial charge in [0.15, 0.2) is 5.78 Å². The Kier molecular flexibility index (Phi) is 3.55. The van der Waals surface area contributed by atoms with Crippen LogP contribution in [0.4, 0.5) is 13.2 Å². The first-order chi connectivity index (χ1) is 7.71. The van der Waals surface area contributed by atoms with Gasteiger partial charge in [-0.3, -0.25) is 4.79 Å². The van der Waals surface area contributed by atoms with Crippen LogP contribution in [0.25, 0.3) is 0 Å². The minimum absolute atomic E-state index is 0.195. The number of carbonyl (C=O) groups excluding carboxylic acids is 1. The highest BCUT2D eigenvalue weighted by Gasteiger charge is 2.35. The number of phenols is 1. The summed E-state index contributed by atoms with van der Waals surface area (Å²) in [6, 6.07) is 4.06. The van der Waals surface area contributed by atoms with Gasteiger partial charge in [-0.2, -0.15) is 13.2 Å². The molecule has 0 radical (unpaired) electrons. The molecule has 1 aromatic carbocycles. The number of benzene rings is 1. The van der Waals surface area contributed by atoms with Crippen LogP contribution in [0.1, 0.15) is 22.3 Å². The highest BCUT2D eigenvalue weighted by molar-refractivity contribution is 6.11. The third-order valence-corrected chi connectivity index (χ3v) is 2.13. The molecule has 0 bridgehead atoms. The lowest BCUT2D eigenvalue weighted by atomic mass is 10.0. The van der Waals surface area contributed by atoms with Gasteiger partial charge in [-0.1, -0.05) is 11.6 Å². The molecule has 1 aromatic rings.